The Morgan fingerprint density at radius 3 is 2.20 bits per heavy atom. The number of ether oxygens (including phenoxy) is 2. The zero-order chi connectivity index (χ0) is 18.7. The van der Waals surface area contributed by atoms with E-state index in [-0.39, 0.29) is 11.2 Å². The molecule has 1 saturated heterocycles. The van der Waals surface area contributed by atoms with Crippen molar-refractivity contribution in [1.82, 2.24) is 0 Å². The van der Waals surface area contributed by atoms with Gasteiger partial charge in [0.2, 0.25) is 9.04 Å². The van der Waals surface area contributed by atoms with Crippen LogP contribution in [0, 0.1) is 0 Å². The van der Waals surface area contributed by atoms with Crippen LogP contribution in [0.15, 0.2) is 18.2 Å². The molecule has 1 radical (unpaired) electrons. The van der Waals surface area contributed by atoms with Gasteiger partial charge in [-0.15, -0.1) is 0 Å². The first-order valence-electron chi connectivity index (χ1n) is 8.75. The lowest BCUT2D eigenvalue weighted by Crippen LogP contribution is -2.41. The third-order valence-corrected chi connectivity index (χ3v) is 5.43. The topological polar surface area (TPSA) is 46.2 Å². The summed E-state index contributed by atoms with van der Waals surface area (Å²) >= 11 is 0. The van der Waals surface area contributed by atoms with Gasteiger partial charge < -0.3 is 23.2 Å². The molecule has 25 heavy (non-hydrogen) atoms. The van der Waals surface area contributed by atoms with E-state index in [4.69, 9.17) is 23.2 Å². The fourth-order valence-corrected chi connectivity index (χ4v) is 3.00. The Hall–Kier alpha value is -1.02. The molecule has 0 atom stereocenters. The highest BCUT2D eigenvalue weighted by molar-refractivity contribution is 6.62. The maximum atomic E-state index is 6.11. The van der Waals surface area contributed by atoms with Crippen LogP contribution in [0.3, 0.4) is 0 Å². The van der Waals surface area contributed by atoms with E-state index >= 15 is 0 Å². The summed E-state index contributed by atoms with van der Waals surface area (Å²) in [5, 5.41) is 0. The first kappa shape index (κ1) is 20.3. The molecule has 0 unspecified atom stereocenters. The van der Waals surface area contributed by atoms with Crippen molar-refractivity contribution in [2.24, 2.45) is 0 Å². The van der Waals surface area contributed by atoms with Crippen molar-refractivity contribution in [2.75, 3.05) is 20.3 Å². The van der Waals surface area contributed by atoms with Crippen molar-refractivity contribution in [1.29, 1.82) is 0 Å². The number of hydrogen-bond donors (Lipinski definition) is 0. The van der Waals surface area contributed by atoms with Crippen LogP contribution in [0.25, 0.3) is 0 Å². The van der Waals surface area contributed by atoms with Gasteiger partial charge in [-0.2, -0.15) is 0 Å². The van der Waals surface area contributed by atoms with Crippen LogP contribution in [0.4, 0.5) is 0 Å². The van der Waals surface area contributed by atoms with Gasteiger partial charge in [0.15, 0.2) is 11.5 Å². The summed E-state index contributed by atoms with van der Waals surface area (Å²) in [6.07, 6.45) is 0.847. The standard InChI is InChI=1S/C18H30BO5Si/c1-17(2)18(3,4)24-19(23-17)14-9-10-15(20-5)16(13-14)21-11-8-12-22-25(6)7/h9-10,13H,8,11-12H2,1-7H3. The Kier molecular flexibility index (Phi) is 6.59. The lowest BCUT2D eigenvalue weighted by atomic mass is 9.79. The highest BCUT2D eigenvalue weighted by Crippen LogP contribution is 2.37. The van der Waals surface area contributed by atoms with Crippen molar-refractivity contribution in [3.05, 3.63) is 18.2 Å². The van der Waals surface area contributed by atoms with Gasteiger partial charge in [0, 0.05) is 13.0 Å². The molecule has 0 bridgehead atoms. The first-order valence-corrected chi connectivity index (χ1v) is 11.2. The predicted molar refractivity (Wildman–Crippen MR) is 102 cm³/mol. The average Bonchev–Trinajstić information content (AvgIpc) is 2.74. The van der Waals surface area contributed by atoms with Crippen LogP contribution in [-0.2, 0) is 13.7 Å². The predicted octanol–water partition coefficient (Wildman–Crippen LogP) is 3.03. The molecule has 0 aliphatic carbocycles. The van der Waals surface area contributed by atoms with Gasteiger partial charge in [-0.3, -0.25) is 0 Å². The van der Waals surface area contributed by atoms with Crippen molar-refractivity contribution >= 4 is 21.6 Å². The molecule has 1 fully saturated rings. The summed E-state index contributed by atoms with van der Waals surface area (Å²) < 4.78 is 29.2. The van der Waals surface area contributed by atoms with Gasteiger partial charge in [0.25, 0.3) is 0 Å². The maximum Gasteiger partial charge on any atom is 0.494 e. The Labute approximate surface area is 153 Å². The summed E-state index contributed by atoms with van der Waals surface area (Å²) in [7, 11) is 0.587. The quantitative estimate of drug-likeness (QED) is 0.524. The summed E-state index contributed by atoms with van der Waals surface area (Å²) in [4.78, 5) is 0. The minimum absolute atomic E-state index is 0.365. The van der Waals surface area contributed by atoms with Crippen LogP contribution < -0.4 is 14.9 Å². The van der Waals surface area contributed by atoms with Gasteiger partial charge in [-0.25, -0.2) is 0 Å². The molecule has 0 spiro atoms. The molecule has 0 aromatic heterocycles. The lowest BCUT2D eigenvalue weighted by Gasteiger charge is -2.32. The first-order chi connectivity index (χ1) is 11.7. The Bertz CT molecular complexity index is 561. The molecule has 1 heterocycles. The largest absolute Gasteiger partial charge is 0.494 e. The van der Waals surface area contributed by atoms with E-state index in [9.17, 15) is 0 Å². The van der Waals surface area contributed by atoms with Crippen LogP contribution in [0.2, 0.25) is 13.1 Å². The molecule has 1 aliphatic rings. The average molecular weight is 365 g/mol. The zero-order valence-corrected chi connectivity index (χ0v) is 17.5. The molecular weight excluding hydrogens is 335 g/mol. The van der Waals surface area contributed by atoms with E-state index in [0.29, 0.717) is 18.1 Å². The Balaban J connectivity index is 2.04. The van der Waals surface area contributed by atoms with Crippen LogP contribution in [-0.4, -0.2) is 47.7 Å². The number of benzene rings is 1. The second kappa shape index (κ2) is 8.12. The molecule has 7 heteroatoms. The van der Waals surface area contributed by atoms with Crippen molar-refractivity contribution in [3.8, 4) is 11.5 Å². The summed E-state index contributed by atoms with van der Waals surface area (Å²) in [6.45, 7) is 13.7. The molecule has 2 rings (SSSR count). The molecule has 1 aliphatic heterocycles. The van der Waals surface area contributed by atoms with E-state index < -0.39 is 16.2 Å². The molecule has 139 valence electrons. The highest BCUT2D eigenvalue weighted by Gasteiger charge is 2.51. The molecule has 1 aromatic rings. The van der Waals surface area contributed by atoms with Crippen LogP contribution >= 0.6 is 0 Å². The molecule has 0 saturated carbocycles. The SMILES string of the molecule is COc1ccc(B2OC(C)(C)C(C)(C)O2)cc1OCCCO[Si](C)C. The molecule has 1 aromatic carbocycles. The van der Waals surface area contributed by atoms with Gasteiger partial charge >= 0.3 is 7.12 Å². The maximum absolute atomic E-state index is 6.11. The number of rotatable bonds is 8. The Morgan fingerprint density at radius 1 is 1.00 bits per heavy atom. The van der Waals surface area contributed by atoms with Crippen molar-refractivity contribution < 1.29 is 23.2 Å². The van der Waals surface area contributed by atoms with Gasteiger partial charge in [0.05, 0.1) is 24.9 Å². The van der Waals surface area contributed by atoms with E-state index in [1.807, 2.05) is 45.9 Å². The molecule has 0 N–H and O–H groups in total. The van der Waals surface area contributed by atoms with Crippen LogP contribution in [0.1, 0.15) is 34.1 Å². The third kappa shape index (κ3) is 5.00. The third-order valence-electron chi connectivity index (χ3n) is 4.65. The van der Waals surface area contributed by atoms with Gasteiger partial charge in [-0.05, 0) is 58.4 Å². The van der Waals surface area contributed by atoms with Gasteiger partial charge in [-0.1, -0.05) is 6.07 Å². The van der Waals surface area contributed by atoms with E-state index in [1.54, 1.807) is 7.11 Å². The van der Waals surface area contributed by atoms with Crippen molar-refractivity contribution in [3.63, 3.8) is 0 Å². The minimum Gasteiger partial charge on any atom is -0.493 e. The van der Waals surface area contributed by atoms with E-state index in [1.165, 1.54) is 0 Å². The fourth-order valence-electron chi connectivity index (χ4n) is 2.45. The Morgan fingerprint density at radius 2 is 1.64 bits per heavy atom. The minimum atomic E-state index is -0.644. The summed E-state index contributed by atoms with van der Waals surface area (Å²) in [5.41, 5.74) is 0.198. The number of hydrogen-bond acceptors (Lipinski definition) is 5. The fraction of sp³-hybridized carbons (Fsp3) is 0.667. The smallest absolute Gasteiger partial charge is 0.493 e. The summed E-state index contributed by atoms with van der Waals surface area (Å²) in [5.74, 6) is 1.41. The molecular formula is C18H30BO5Si. The molecule has 0 amide bonds. The molecule has 5 nitrogen and oxygen atoms in total. The van der Waals surface area contributed by atoms with E-state index in [2.05, 4.69) is 13.1 Å². The highest BCUT2D eigenvalue weighted by atomic mass is 28.3. The second-order valence-corrected chi connectivity index (χ2v) is 9.56. The monoisotopic (exact) mass is 365 g/mol. The number of methoxy groups -OCH3 is 1. The summed E-state index contributed by atoms with van der Waals surface area (Å²) in [6, 6.07) is 5.79. The second-order valence-electron chi connectivity index (χ2n) is 7.46. The van der Waals surface area contributed by atoms with Crippen LogP contribution in [0.5, 0.6) is 11.5 Å². The normalized spacial score (nSPS) is 18.6. The van der Waals surface area contributed by atoms with E-state index in [0.717, 1.165) is 18.5 Å². The van der Waals surface area contributed by atoms with Gasteiger partial charge in [0.1, 0.15) is 0 Å². The lowest BCUT2D eigenvalue weighted by molar-refractivity contribution is 0.00578. The zero-order valence-electron chi connectivity index (χ0n) is 16.5. The van der Waals surface area contributed by atoms with Crippen molar-refractivity contribution in [2.45, 2.75) is 58.4 Å².